The fourth-order valence-electron chi connectivity index (χ4n) is 3.39. The zero-order chi connectivity index (χ0) is 16.4. The van der Waals surface area contributed by atoms with Gasteiger partial charge in [0.1, 0.15) is 17.6 Å². The summed E-state index contributed by atoms with van der Waals surface area (Å²) in [6.45, 7) is 2.69. The van der Waals surface area contributed by atoms with Crippen molar-refractivity contribution in [2.45, 2.75) is 38.0 Å². The highest BCUT2D eigenvalue weighted by Crippen LogP contribution is 2.26. The van der Waals surface area contributed by atoms with Gasteiger partial charge in [0.05, 0.1) is 25.1 Å². The van der Waals surface area contributed by atoms with Crippen LogP contribution in [0.3, 0.4) is 0 Å². The van der Waals surface area contributed by atoms with E-state index >= 15 is 0 Å². The Hall–Kier alpha value is -2.33. The van der Waals surface area contributed by atoms with Crippen LogP contribution in [0, 0.1) is 6.92 Å². The van der Waals surface area contributed by atoms with Gasteiger partial charge >= 0.3 is 0 Å². The highest BCUT2D eigenvalue weighted by atomic mass is 16.5. The number of hydrogen-bond donors (Lipinski definition) is 1. The molecule has 0 amide bonds. The fourth-order valence-corrected chi connectivity index (χ4v) is 3.39. The van der Waals surface area contributed by atoms with Crippen molar-refractivity contribution in [2.24, 2.45) is 4.99 Å². The van der Waals surface area contributed by atoms with Gasteiger partial charge < -0.3 is 14.5 Å². The lowest BCUT2D eigenvalue weighted by Gasteiger charge is -2.27. The lowest BCUT2D eigenvalue weighted by Crippen LogP contribution is -2.42. The highest BCUT2D eigenvalue weighted by Gasteiger charge is 2.32. The Morgan fingerprint density at radius 1 is 1.29 bits per heavy atom. The van der Waals surface area contributed by atoms with Crippen molar-refractivity contribution in [1.29, 1.82) is 0 Å². The third-order valence-electron chi connectivity index (χ3n) is 4.76. The molecule has 1 N–H and O–H groups in total. The molecular weight excluding hydrogens is 300 g/mol. The van der Waals surface area contributed by atoms with E-state index in [4.69, 9.17) is 9.15 Å². The van der Waals surface area contributed by atoms with Crippen LogP contribution < -0.4 is 5.32 Å². The average molecular weight is 322 g/mol. The molecular formula is C20H22N2O2. The van der Waals surface area contributed by atoms with Crippen LogP contribution in [0.25, 0.3) is 11.3 Å². The lowest BCUT2D eigenvalue weighted by molar-refractivity contribution is 0.0616. The third kappa shape index (κ3) is 3.02. The number of aliphatic imine (C=N–C) groups is 1. The zero-order valence-corrected chi connectivity index (χ0v) is 13.8. The van der Waals surface area contributed by atoms with Crippen LogP contribution in [0.15, 0.2) is 58.0 Å². The smallest absolute Gasteiger partial charge is 0.134 e. The van der Waals surface area contributed by atoms with Crippen LogP contribution in [0.2, 0.25) is 0 Å². The largest absolute Gasteiger partial charge is 0.461 e. The Bertz CT molecular complexity index is 748. The Balaban J connectivity index is 1.38. The minimum absolute atomic E-state index is 0.0656. The van der Waals surface area contributed by atoms with Crippen LogP contribution >= 0.6 is 0 Å². The molecule has 1 aliphatic carbocycles. The highest BCUT2D eigenvalue weighted by molar-refractivity contribution is 5.59. The fraction of sp³-hybridized carbons (Fsp3) is 0.350. The molecule has 4 rings (SSSR count). The summed E-state index contributed by atoms with van der Waals surface area (Å²) in [5.41, 5.74) is 2.32. The maximum absolute atomic E-state index is 6.09. The molecule has 24 heavy (non-hydrogen) atoms. The molecule has 0 fully saturated rings. The van der Waals surface area contributed by atoms with E-state index in [1.54, 1.807) is 0 Å². The molecule has 2 heterocycles. The quantitative estimate of drug-likeness (QED) is 0.857. The summed E-state index contributed by atoms with van der Waals surface area (Å²) in [6.07, 6.45) is 8.07. The minimum atomic E-state index is 0.0656. The monoisotopic (exact) mass is 322 g/mol. The summed E-state index contributed by atoms with van der Waals surface area (Å²) < 4.78 is 12.0. The summed E-state index contributed by atoms with van der Waals surface area (Å²) in [5, 5.41) is 3.29. The molecule has 3 unspecified atom stereocenters. The summed E-state index contributed by atoms with van der Waals surface area (Å²) in [6, 6.07) is 12.9. The van der Waals surface area contributed by atoms with Gasteiger partial charge in [-0.15, -0.1) is 0 Å². The van der Waals surface area contributed by atoms with Gasteiger partial charge in [0, 0.05) is 5.56 Å². The first-order chi connectivity index (χ1) is 11.8. The van der Waals surface area contributed by atoms with Gasteiger partial charge in [-0.2, -0.15) is 0 Å². The van der Waals surface area contributed by atoms with Crippen molar-refractivity contribution >= 4 is 6.34 Å². The van der Waals surface area contributed by atoms with Crippen molar-refractivity contribution in [3.05, 3.63) is 59.9 Å². The van der Waals surface area contributed by atoms with Gasteiger partial charge in [-0.05, 0) is 31.4 Å². The van der Waals surface area contributed by atoms with E-state index < -0.39 is 0 Å². The molecule has 0 bridgehead atoms. The number of benzene rings is 1. The van der Waals surface area contributed by atoms with Crippen LogP contribution in [-0.2, 0) is 11.2 Å². The molecule has 1 aromatic carbocycles. The number of nitrogens with zero attached hydrogens (tertiary/aromatic N) is 1. The summed E-state index contributed by atoms with van der Waals surface area (Å²) in [4.78, 5) is 4.50. The third-order valence-corrected chi connectivity index (χ3v) is 4.76. The topological polar surface area (TPSA) is 46.8 Å². The predicted octanol–water partition coefficient (Wildman–Crippen LogP) is 3.51. The van der Waals surface area contributed by atoms with Gasteiger partial charge in [-0.25, -0.2) is 0 Å². The molecule has 0 saturated carbocycles. The number of nitrogens with one attached hydrogen (secondary N) is 1. The van der Waals surface area contributed by atoms with E-state index in [0.29, 0.717) is 12.6 Å². The van der Waals surface area contributed by atoms with Crippen molar-refractivity contribution in [2.75, 3.05) is 6.61 Å². The van der Waals surface area contributed by atoms with E-state index in [9.17, 15) is 0 Å². The number of aryl methyl sites for hydroxylation is 1. The number of fused-ring (bicyclic) bond motifs is 1. The van der Waals surface area contributed by atoms with Gasteiger partial charge in [0.25, 0.3) is 0 Å². The standard InChI is InChI=1S/C20H22N2O2/c1-14-16(12-19(24-14)15-6-3-2-4-7-15)10-11-23-18-9-5-8-17-20(18)22-13-21-17/h2-7,9,12-13,17-18,20H,8,10-11H2,1H3,(H,21,22). The Morgan fingerprint density at radius 3 is 3.04 bits per heavy atom. The minimum Gasteiger partial charge on any atom is -0.461 e. The Labute approximate surface area is 142 Å². The molecule has 0 radical (unpaired) electrons. The number of hydrogen-bond acceptors (Lipinski definition) is 4. The van der Waals surface area contributed by atoms with Crippen molar-refractivity contribution in [3.8, 4) is 11.3 Å². The summed E-state index contributed by atoms with van der Waals surface area (Å²) >= 11 is 0. The normalized spacial score (nSPS) is 24.8. The molecule has 2 aromatic rings. The van der Waals surface area contributed by atoms with Crippen molar-refractivity contribution in [3.63, 3.8) is 0 Å². The van der Waals surface area contributed by atoms with Crippen molar-refractivity contribution < 1.29 is 9.15 Å². The predicted molar refractivity (Wildman–Crippen MR) is 95.3 cm³/mol. The average Bonchev–Trinajstić information content (AvgIpc) is 3.23. The lowest BCUT2D eigenvalue weighted by atomic mass is 9.95. The van der Waals surface area contributed by atoms with Crippen LogP contribution in [0.4, 0.5) is 0 Å². The summed E-state index contributed by atoms with van der Waals surface area (Å²) in [7, 11) is 0. The van der Waals surface area contributed by atoms with Gasteiger partial charge in [0.2, 0.25) is 0 Å². The van der Waals surface area contributed by atoms with E-state index in [1.807, 2.05) is 31.5 Å². The Kier molecular flexibility index (Phi) is 4.22. The van der Waals surface area contributed by atoms with Gasteiger partial charge in [-0.1, -0.05) is 42.5 Å². The maximum Gasteiger partial charge on any atom is 0.134 e. The molecule has 1 aromatic heterocycles. The van der Waals surface area contributed by atoms with Crippen LogP contribution in [0.5, 0.6) is 0 Å². The molecule has 0 spiro atoms. The van der Waals surface area contributed by atoms with E-state index in [-0.39, 0.29) is 12.1 Å². The number of rotatable bonds is 5. The number of furan rings is 1. The zero-order valence-electron chi connectivity index (χ0n) is 13.8. The second-order valence-corrected chi connectivity index (χ2v) is 6.35. The molecule has 1 aliphatic heterocycles. The van der Waals surface area contributed by atoms with E-state index in [1.165, 1.54) is 5.56 Å². The first-order valence-corrected chi connectivity index (χ1v) is 8.52. The molecule has 0 saturated heterocycles. The van der Waals surface area contributed by atoms with Crippen LogP contribution in [0.1, 0.15) is 17.7 Å². The first-order valence-electron chi connectivity index (χ1n) is 8.52. The molecule has 4 heteroatoms. The molecule has 4 nitrogen and oxygen atoms in total. The number of ether oxygens (including phenoxy) is 1. The molecule has 3 atom stereocenters. The maximum atomic E-state index is 6.09. The second-order valence-electron chi connectivity index (χ2n) is 6.35. The van der Waals surface area contributed by atoms with E-state index in [0.717, 1.165) is 29.9 Å². The van der Waals surface area contributed by atoms with Gasteiger partial charge in [-0.3, -0.25) is 4.99 Å². The van der Waals surface area contributed by atoms with Crippen molar-refractivity contribution in [1.82, 2.24) is 5.32 Å². The van der Waals surface area contributed by atoms with E-state index in [2.05, 4.69) is 40.7 Å². The van der Waals surface area contributed by atoms with Gasteiger partial charge in [0.15, 0.2) is 0 Å². The second kappa shape index (κ2) is 6.65. The SMILES string of the molecule is Cc1oc(-c2ccccc2)cc1CCOC1C=CCC2NC=NC21. The molecule has 2 aliphatic rings. The summed E-state index contributed by atoms with van der Waals surface area (Å²) in [5.74, 6) is 1.89. The van der Waals surface area contributed by atoms with Crippen LogP contribution in [-0.4, -0.2) is 31.1 Å². The molecule has 124 valence electrons. The Morgan fingerprint density at radius 2 is 2.17 bits per heavy atom. The first kappa shape index (κ1) is 15.2.